The van der Waals surface area contributed by atoms with Crippen molar-refractivity contribution >= 4 is 5.82 Å². The highest BCUT2D eigenvalue weighted by Crippen LogP contribution is 2.05. The third kappa shape index (κ3) is 3.06. The largest absolute Gasteiger partial charge is 0.384 e. The van der Waals surface area contributed by atoms with Crippen LogP contribution in [0.2, 0.25) is 0 Å². The molecule has 0 atom stereocenters. The van der Waals surface area contributed by atoms with Crippen molar-refractivity contribution in [2.24, 2.45) is 0 Å². The number of nitrogens with zero attached hydrogens (tertiary/aromatic N) is 3. The summed E-state index contributed by atoms with van der Waals surface area (Å²) in [7, 11) is 4.13. The molecule has 0 saturated heterocycles. The monoisotopic (exact) mass is 182 g/mol. The van der Waals surface area contributed by atoms with Crippen molar-refractivity contribution in [3.05, 3.63) is 11.8 Å². The van der Waals surface area contributed by atoms with Crippen LogP contribution >= 0.6 is 0 Å². The van der Waals surface area contributed by atoms with Gasteiger partial charge in [-0.1, -0.05) is 0 Å². The minimum absolute atomic E-state index is 0.760. The molecule has 0 aliphatic heterocycles. The van der Waals surface area contributed by atoms with Crippen molar-refractivity contribution in [1.82, 2.24) is 14.7 Å². The van der Waals surface area contributed by atoms with E-state index >= 15 is 0 Å². The van der Waals surface area contributed by atoms with Gasteiger partial charge in [0.25, 0.3) is 0 Å². The lowest BCUT2D eigenvalue weighted by atomic mass is 10.4. The van der Waals surface area contributed by atoms with Gasteiger partial charge in [-0.2, -0.15) is 5.10 Å². The van der Waals surface area contributed by atoms with Crippen LogP contribution in [0.5, 0.6) is 0 Å². The lowest BCUT2D eigenvalue weighted by molar-refractivity contribution is 0.381. The van der Waals surface area contributed by atoms with Gasteiger partial charge in [0.1, 0.15) is 5.82 Å². The van der Waals surface area contributed by atoms with Gasteiger partial charge >= 0.3 is 0 Å². The van der Waals surface area contributed by atoms with E-state index in [2.05, 4.69) is 24.1 Å². The van der Waals surface area contributed by atoms with Crippen LogP contribution in [0.4, 0.5) is 5.82 Å². The van der Waals surface area contributed by atoms with E-state index in [-0.39, 0.29) is 0 Å². The Hall–Kier alpha value is -1.03. The van der Waals surface area contributed by atoms with Crippen LogP contribution in [-0.2, 0) is 6.54 Å². The normalized spacial score (nSPS) is 11.1. The third-order valence-electron chi connectivity index (χ3n) is 1.91. The van der Waals surface area contributed by atoms with Crippen LogP contribution in [0.3, 0.4) is 0 Å². The fourth-order valence-corrected chi connectivity index (χ4v) is 1.28. The zero-order valence-electron chi connectivity index (χ0n) is 8.62. The van der Waals surface area contributed by atoms with E-state index in [9.17, 15) is 0 Å². The number of nitrogen functional groups attached to an aromatic ring is 1. The Morgan fingerprint density at radius 2 is 2.23 bits per heavy atom. The summed E-state index contributed by atoms with van der Waals surface area (Å²) in [5.74, 6) is 0.760. The predicted molar refractivity (Wildman–Crippen MR) is 54.5 cm³/mol. The summed E-state index contributed by atoms with van der Waals surface area (Å²) in [6.45, 7) is 3.93. The molecule has 0 aromatic carbocycles. The highest BCUT2D eigenvalue weighted by atomic mass is 15.3. The van der Waals surface area contributed by atoms with E-state index in [0.717, 1.165) is 31.0 Å². The van der Waals surface area contributed by atoms with Gasteiger partial charge in [0.15, 0.2) is 0 Å². The first-order valence-electron chi connectivity index (χ1n) is 4.54. The van der Waals surface area contributed by atoms with Gasteiger partial charge in [-0.05, 0) is 34.0 Å². The fourth-order valence-electron chi connectivity index (χ4n) is 1.28. The maximum Gasteiger partial charge on any atom is 0.121 e. The molecule has 0 saturated carbocycles. The summed E-state index contributed by atoms with van der Waals surface area (Å²) in [4.78, 5) is 2.16. The Morgan fingerprint density at radius 1 is 1.54 bits per heavy atom. The lowest BCUT2D eigenvalue weighted by Gasteiger charge is -2.09. The summed E-state index contributed by atoms with van der Waals surface area (Å²) in [6, 6.07) is 1.90. The molecule has 4 heteroatoms. The van der Waals surface area contributed by atoms with E-state index in [4.69, 9.17) is 5.73 Å². The van der Waals surface area contributed by atoms with E-state index in [1.165, 1.54) is 0 Å². The van der Waals surface area contributed by atoms with Gasteiger partial charge in [-0.15, -0.1) is 0 Å². The highest BCUT2D eigenvalue weighted by Gasteiger charge is 2.00. The Bertz CT molecular complexity index is 265. The Kier molecular flexibility index (Phi) is 3.31. The summed E-state index contributed by atoms with van der Waals surface area (Å²) in [5.41, 5.74) is 6.73. The van der Waals surface area contributed by atoms with Crippen LogP contribution in [0.25, 0.3) is 0 Å². The first-order valence-corrected chi connectivity index (χ1v) is 4.54. The quantitative estimate of drug-likeness (QED) is 0.746. The molecule has 13 heavy (non-hydrogen) atoms. The molecule has 1 rings (SSSR count). The number of rotatable bonds is 4. The first-order chi connectivity index (χ1) is 6.09. The molecule has 0 unspecified atom stereocenters. The van der Waals surface area contributed by atoms with Crippen LogP contribution < -0.4 is 5.73 Å². The second kappa shape index (κ2) is 4.28. The number of nitrogens with two attached hydrogens (primary N) is 1. The molecule has 0 bridgehead atoms. The van der Waals surface area contributed by atoms with Gasteiger partial charge in [0.2, 0.25) is 0 Å². The lowest BCUT2D eigenvalue weighted by Crippen LogP contribution is -2.16. The fraction of sp³-hybridized carbons (Fsp3) is 0.667. The minimum Gasteiger partial charge on any atom is -0.384 e. The predicted octanol–water partition coefficient (Wildman–Crippen LogP) is 0.725. The minimum atomic E-state index is 0.760. The van der Waals surface area contributed by atoms with Crippen molar-refractivity contribution in [2.75, 3.05) is 26.4 Å². The van der Waals surface area contributed by atoms with Crippen LogP contribution in [0.1, 0.15) is 12.1 Å². The van der Waals surface area contributed by atoms with Gasteiger partial charge in [-0.3, -0.25) is 0 Å². The number of aromatic nitrogens is 2. The van der Waals surface area contributed by atoms with Crippen LogP contribution in [0.15, 0.2) is 6.07 Å². The standard InChI is InChI=1S/C9H18N4/c1-8-7-9(10)13(11-8)6-4-5-12(2)3/h7H,4-6,10H2,1-3H3. The molecule has 0 radical (unpaired) electrons. The van der Waals surface area contributed by atoms with Crippen LogP contribution in [0, 0.1) is 6.92 Å². The molecule has 0 aliphatic rings. The van der Waals surface area contributed by atoms with Crippen molar-refractivity contribution < 1.29 is 0 Å². The van der Waals surface area contributed by atoms with Gasteiger partial charge in [0, 0.05) is 12.6 Å². The molecule has 0 aliphatic carbocycles. The molecular formula is C9H18N4. The zero-order valence-corrected chi connectivity index (χ0v) is 8.62. The van der Waals surface area contributed by atoms with Gasteiger partial charge < -0.3 is 10.6 Å². The second-order valence-corrected chi connectivity index (χ2v) is 3.59. The first kappa shape index (κ1) is 10.1. The summed E-state index contributed by atoms with van der Waals surface area (Å²) < 4.78 is 1.86. The number of hydrogen-bond acceptors (Lipinski definition) is 3. The highest BCUT2D eigenvalue weighted by molar-refractivity contribution is 5.29. The van der Waals surface area contributed by atoms with E-state index < -0.39 is 0 Å². The molecule has 0 spiro atoms. The Morgan fingerprint density at radius 3 is 2.69 bits per heavy atom. The molecule has 1 heterocycles. The van der Waals surface area contributed by atoms with Gasteiger partial charge in [-0.25, -0.2) is 4.68 Å². The molecule has 0 fully saturated rings. The Balaban J connectivity index is 2.40. The number of hydrogen-bond donors (Lipinski definition) is 1. The van der Waals surface area contributed by atoms with E-state index in [1.807, 2.05) is 17.7 Å². The molecule has 74 valence electrons. The van der Waals surface area contributed by atoms with Crippen molar-refractivity contribution in [2.45, 2.75) is 19.9 Å². The molecule has 1 aromatic rings. The zero-order chi connectivity index (χ0) is 9.84. The average molecular weight is 182 g/mol. The van der Waals surface area contributed by atoms with E-state index in [1.54, 1.807) is 0 Å². The summed E-state index contributed by atoms with van der Waals surface area (Å²) in [5, 5.41) is 4.28. The van der Waals surface area contributed by atoms with Crippen molar-refractivity contribution in [3.63, 3.8) is 0 Å². The van der Waals surface area contributed by atoms with Crippen molar-refractivity contribution in [3.8, 4) is 0 Å². The summed E-state index contributed by atoms with van der Waals surface area (Å²) >= 11 is 0. The maximum atomic E-state index is 5.75. The molecular weight excluding hydrogens is 164 g/mol. The molecule has 1 aromatic heterocycles. The average Bonchev–Trinajstić information content (AvgIpc) is 2.29. The topological polar surface area (TPSA) is 47.1 Å². The number of aryl methyl sites for hydroxylation is 2. The van der Waals surface area contributed by atoms with Crippen molar-refractivity contribution in [1.29, 1.82) is 0 Å². The summed E-state index contributed by atoms with van der Waals surface area (Å²) in [6.07, 6.45) is 1.08. The molecule has 4 nitrogen and oxygen atoms in total. The number of anilines is 1. The smallest absolute Gasteiger partial charge is 0.121 e. The SMILES string of the molecule is Cc1cc(N)n(CCCN(C)C)n1. The van der Waals surface area contributed by atoms with Crippen LogP contribution in [-0.4, -0.2) is 35.3 Å². The third-order valence-corrected chi connectivity index (χ3v) is 1.91. The molecule has 2 N–H and O–H groups in total. The maximum absolute atomic E-state index is 5.75. The molecule has 0 amide bonds. The second-order valence-electron chi connectivity index (χ2n) is 3.59. The Labute approximate surface area is 79.3 Å². The van der Waals surface area contributed by atoms with E-state index in [0.29, 0.717) is 0 Å². The van der Waals surface area contributed by atoms with Gasteiger partial charge in [0.05, 0.1) is 5.69 Å².